The van der Waals surface area contributed by atoms with Gasteiger partial charge in [-0.1, -0.05) is 11.6 Å². The number of anilines is 1. The van der Waals surface area contributed by atoms with Gasteiger partial charge in [-0.15, -0.1) is 0 Å². The van der Waals surface area contributed by atoms with E-state index in [-0.39, 0.29) is 5.15 Å². The van der Waals surface area contributed by atoms with Crippen molar-refractivity contribution < 1.29 is 4.79 Å². The van der Waals surface area contributed by atoms with Crippen LogP contribution in [0.15, 0.2) is 16.8 Å². The fourth-order valence-electron chi connectivity index (χ4n) is 2.20. The van der Waals surface area contributed by atoms with E-state index in [0.717, 1.165) is 25.7 Å². The highest BCUT2D eigenvalue weighted by Crippen LogP contribution is 2.35. The molecule has 104 valence electrons. The SMILES string of the molecule is Cc1nc(Cl)c(C=O)c(N(Cc2ccsc2)C2CC2)n1. The van der Waals surface area contributed by atoms with Gasteiger partial charge in [0.25, 0.3) is 0 Å². The Morgan fingerprint density at radius 2 is 2.30 bits per heavy atom. The first kappa shape index (κ1) is 13.5. The molecule has 0 spiro atoms. The van der Waals surface area contributed by atoms with Crippen LogP contribution in [0.4, 0.5) is 5.82 Å². The van der Waals surface area contributed by atoms with Gasteiger partial charge in [0.05, 0.1) is 5.56 Å². The lowest BCUT2D eigenvalue weighted by Gasteiger charge is -2.24. The van der Waals surface area contributed by atoms with Crippen LogP contribution in [0.5, 0.6) is 0 Å². The number of halogens is 1. The Balaban J connectivity index is 2.01. The number of hydrogen-bond donors (Lipinski definition) is 0. The van der Waals surface area contributed by atoms with Crippen molar-refractivity contribution in [2.75, 3.05) is 4.90 Å². The first-order valence-corrected chi connectivity index (χ1v) is 7.78. The Kier molecular flexibility index (Phi) is 3.72. The second-order valence-corrected chi connectivity index (χ2v) is 6.05. The number of aryl methyl sites for hydroxylation is 1. The summed E-state index contributed by atoms with van der Waals surface area (Å²) in [6.45, 7) is 2.54. The molecule has 0 atom stereocenters. The molecule has 6 heteroatoms. The van der Waals surface area contributed by atoms with Gasteiger partial charge in [-0.2, -0.15) is 11.3 Å². The summed E-state index contributed by atoms with van der Waals surface area (Å²) in [6.07, 6.45) is 3.01. The maximum absolute atomic E-state index is 11.3. The van der Waals surface area contributed by atoms with E-state index in [4.69, 9.17) is 11.6 Å². The molecule has 0 amide bonds. The van der Waals surface area contributed by atoms with Gasteiger partial charge >= 0.3 is 0 Å². The zero-order valence-corrected chi connectivity index (χ0v) is 12.6. The number of carbonyl (C=O) groups excluding carboxylic acids is 1. The van der Waals surface area contributed by atoms with Crippen LogP contribution < -0.4 is 4.90 Å². The average Bonchev–Trinajstić information content (AvgIpc) is 3.12. The van der Waals surface area contributed by atoms with E-state index in [0.29, 0.717) is 23.2 Å². The predicted octanol–water partition coefficient (Wildman–Crippen LogP) is 3.48. The minimum Gasteiger partial charge on any atom is -0.349 e. The molecule has 1 fully saturated rings. The Morgan fingerprint density at radius 3 is 2.90 bits per heavy atom. The molecule has 0 N–H and O–H groups in total. The lowest BCUT2D eigenvalue weighted by atomic mass is 10.2. The normalized spacial score (nSPS) is 14.3. The van der Waals surface area contributed by atoms with Crippen LogP contribution in [0.1, 0.15) is 34.6 Å². The molecule has 2 aromatic rings. The first-order valence-electron chi connectivity index (χ1n) is 6.46. The van der Waals surface area contributed by atoms with Gasteiger partial charge in [-0.05, 0) is 42.2 Å². The minimum absolute atomic E-state index is 0.235. The van der Waals surface area contributed by atoms with Crippen molar-refractivity contribution in [3.63, 3.8) is 0 Å². The molecule has 1 saturated carbocycles. The van der Waals surface area contributed by atoms with Crippen molar-refractivity contribution in [2.45, 2.75) is 32.4 Å². The molecular weight excluding hydrogens is 294 g/mol. The highest BCUT2D eigenvalue weighted by molar-refractivity contribution is 7.07. The average molecular weight is 308 g/mol. The molecule has 2 heterocycles. The molecule has 0 saturated heterocycles. The highest BCUT2D eigenvalue weighted by Gasteiger charge is 2.32. The molecule has 0 bridgehead atoms. The van der Waals surface area contributed by atoms with Crippen LogP contribution in [0.3, 0.4) is 0 Å². The second-order valence-electron chi connectivity index (χ2n) is 4.91. The van der Waals surface area contributed by atoms with E-state index in [2.05, 4.69) is 31.7 Å². The van der Waals surface area contributed by atoms with Gasteiger partial charge in [0.2, 0.25) is 0 Å². The summed E-state index contributed by atoms with van der Waals surface area (Å²) in [4.78, 5) is 22.0. The van der Waals surface area contributed by atoms with Crippen molar-refractivity contribution >= 4 is 35.0 Å². The number of hydrogen-bond acceptors (Lipinski definition) is 5. The van der Waals surface area contributed by atoms with Gasteiger partial charge in [0.15, 0.2) is 6.29 Å². The molecule has 0 aromatic carbocycles. The molecule has 0 aliphatic heterocycles. The molecule has 0 radical (unpaired) electrons. The Bertz CT molecular complexity index is 626. The van der Waals surface area contributed by atoms with Gasteiger partial charge in [-0.25, -0.2) is 9.97 Å². The molecular formula is C14H14ClN3OS. The highest BCUT2D eigenvalue weighted by atomic mass is 35.5. The van der Waals surface area contributed by atoms with Crippen LogP contribution in [0.25, 0.3) is 0 Å². The largest absolute Gasteiger partial charge is 0.349 e. The summed E-state index contributed by atoms with van der Waals surface area (Å²) in [7, 11) is 0. The van der Waals surface area contributed by atoms with E-state index in [9.17, 15) is 4.79 Å². The standard InChI is InChI=1S/C14H14ClN3OS/c1-9-16-13(15)12(7-19)14(17-9)18(11-2-3-11)6-10-4-5-20-8-10/h4-5,7-8,11H,2-3,6H2,1H3. The van der Waals surface area contributed by atoms with Gasteiger partial charge in [-0.3, -0.25) is 4.79 Å². The van der Waals surface area contributed by atoms with Crippen molar-refractivity contribution in [1.29, 1.82) is 0 Å². The number of aldehydes is 1. The second kappa shape index (κ2) is 5.50. The third kappa shape index (κ3) is 2.69. The molecule has 1 aliphatic carbocycles. The number of carbonyl (C=O) groups is 1. The van der Waals surface area contributed by atoms with E-state index in [1.165, 1.54) is 5.56 Å². The summed E-state index contributed by atoms with van der Waals surface area (Å²) in [6, 6.07) is 2.54. The van der Waals surface area contributed by atoms with Crippen molar-refractivity contribution in [3.8, 4) is 0 Å². The smallest absolute Gasteiger partial charge is 0.156 e. The predicted molar refractivity (Wildman–Crippen MR) is 80.7 cm³/mol. The third-order valence-corrected chi connectivity index (χ3v) is 4.32. The van der Waals surface area contributed by atoms with E-state index in [1.54, 1.807) is 18.3 Å². The Labute approximate surface area is 126 Å². The number of aromatic nitrogens is 2. The van der Waals surface area contributed by atoms with Crippen LogP contribution >= 0.6 is 22.9 Å². The van der Waals surface area contributed by atoms with E-state index < -0.39 is 0 Å². The lowest BCUT2D eigenvalue weighted by Crippen LogP contribution is -2.27. The molecule has 2 aromatic heterocycles. The van der Waals surface area contributed by atoms with Crippen molar-refractivity contribution in [1.82, 2.24) is 9.97 Å². The quantitative estimate of drug-likeness (QED) is 0.626. The number of rotatable bonds is 5. The topological polar surface area (TPSA) is 46.1 Å². The van der Waals surface area contributed by atoms with E-state index in [1.807, 2.05) is 0 Å². The zero-order valence-electron chi connectivity index (χ0n) is 11.0. The molecule has 3 rings (SSSR count). The van der Waals surface area contributed by atoms with Crippen molar-refractivity contribution in [2.24, 2.45) is 0 Å². The monoisotopic (exact) mass is 307 g/mol. The summed E-state index contributed by atoms with van der Waals surface area (Å²) in [5.74, 6) is 1.25. The Morgan fingerprint density at radius 1 is 1.50 bits per heavy atom. The fraction of sp³-hybridized carbons (Fsp3) is 0.357. The van der Waals surface area contributed by atoms with Crippen molar-refractivity contribution in [3.05, 3.63) is 38.9 Å². The molecule has 1 aliphatic rings. The lowest BCUT2D eigenvalue weighted by molar-refractivity contribution is 0.112. The third-order valence-electron chi connectivity index (χ3n) is 3.30. The van der Waals surface area contributed by atoms with Gasteiger partial charge in [0, 0.05) is 12.6 Å². The van der Waals surface area contributed by atoms with Crippen LogP contribution in [-0.2, 0) is 6.54 Å². The maximum atomic E-state index is 11.3. The Hall–Kier alpha value is -1.46. The fourth-order valence-corrected chi connectivity index (χ4v) is 3.11. The van der Waals surface area contributed by atoms with E-state index >= 15 is 0 Å². The molecule has 0 unspecified atom stereocenters. The molecule has 20 heavy (non-hydrogen) atoms. The molecule has 4 nitrogen and oxygen atoms in total. The number of thiophene rings is 1. The summed E-state index contributed by atoms with van der Waals surface area (Å²) < 4.78 is 0. The summed E-state index contributed by atoms with van der Waals surface area (Å²) >= 11 is 7.75. The van der Waals surface area contributed by atoms with Crippen LogP contribution in [0, 0.1) is 6.92 Å². The number of nitrogens with zero attached hydrogens (tertiary/aromatic N) is 3. The summed E-state index contributed by atoms with van der Waals surface area (Å²) in [5.41, 5.74) is 1.62. The minimum atomic E-state index is 0.235. The van der Waals surface area contributed by atoms with Gasteiger partial charge < -0.3 is 4.90 Å². The van der Waals surface area contributed by atoms with Crippen LogP contribution in [0.2, 0.25) is 5.15 Å². The van der Waals surface area contributed by atoms with Crippen LogP contribution in [-0.4, -0.2) is 22.3 Å². The van der Waals surface area contributed by atoms with Gasteiger partial charge in [0.1, 0.15) is 16.8 Å². The maximum Gasteiger partial charge on any atom is 0.156 e. The zero-order chi connectivity index (χ0) is 14.1. The summed E-state index contributed by atoms with van der Waals surface area (Å²) in [5, 5.41) is 4.41. The first-order chi connectivity index (χ1) is 9.69.